The summed E-state index contributed by atoms with van der Waals surface area (Å²) < 4.78 is 32.5. The van der Waals surface area contributed by atoms with Crippen LogP contribution in [-0.2, 0) is 10.0 Å². The Hall–Kier alpha value is -3.13. The van der Waals surface area contributed by atoms with E-state index in [1.54, 1.807) is 50.2 Å². The molecule has 0 atom stereocenters. The van der Waals surface area contributed by atoms with Crippen LogP contribution in [0.1, 0.15) is 28.7 Å². The Kier molecular flexibility index (Phi) is 5.00. The summed E-state index contributed by atoms with van der Waals surface area (Å²) in [5, 5.41) is 6.87. The van der Waals surface area contributed by atoms with Gasteiger partial charge in [0.1, 0.15) is 5.69 Å². The van der Waals surface area contributed by atoms with E-state index in [1.165, 1.54) is 6.92 Å². The van der Waals surface area contributed by atoms with Crippen LogP contribution in [0.15, 0.2) is 57.9 Å². The number of sulfonamides is 1. The number of carbonyl (C=O) groups is 1. The van der Waals surface area contributed by atoms with Crippen LogP contribution < -0.4 is 10.0 Å². The Bertz CT molecular complexity index is 1050. The SMILES string of the molecule is CC(=O)c1ccc(Nc2ccc(NS(=O)(=O)c3c(C)noc3C)cc2)cc1. The largest absolute Gasteiger partial charge is 0.360 e. The molecule has 2 N–H and O–H groups in total. The van der Waals surface area contributed by atoms with Crippen molar-refractivity contribution in [1.82, 2.24) is 5.16 Å². The summed E-state index contributed by atoms with van der Waals surface area (Å²) >= 11 is 0. The van der Waals surface area contributed by atoms with Gasteiger partial charge in [-0.2, -0.15) is 0 Å². The number of aryl methyl sites for hydroxylation is 2. The summed E-state index contributed by atoms with van der Waals surface area (Å²) in [6, 6.07) is 13.9. The molecule has 3 rings (SSSR count). The molecule has 0 bridgehead atoms. The molecule has 2 aromatic carbocycles. The molecule has 1 heterocycles. The molecule has 3 aromatic rings. The minimum Gasteiger partial charge on any atom is -0.360 e. The van der Waals surface area contributed by atoms with Crippen LogP contribution in [0.4, 0.5) is 17.1 Å². The Morgan fingerprint density at radius 1 is 0.926 bits per heavy atom. The summed E-state index contributed by atoms with van der Waals surface area (Å²) in [5.74, 6) is 0.253. The molecule has 0 saturated heterocycles. The highest BCUT2D eigenvalue weighted by Crippen LogP contribution is 2.24. The summed E-state index contributed by atoms with van der Waals surface area (Å²) in [7, 11) is -3.77. The third kappa shape index (κ3) is 4.17. The van der Waals surface area contributed by atoms with Gasteiger partial charge < -0.3 is 9.84 Å². The highest BCUT2D eigenvalue weighted by Gasteiger charge is 2.24. The predicted molar refractivity (Wildman–Crippen MR) is 103 cm³/mol. The van der Waals surface area contributed by atoms with E-state index in [9.17, 15) is 13.2 Å². The van der Waals surface area contributed by atoms with Crippen molar-refractivity contribution in [3.8, 4) is 0 Å². The smallest absolute Gasteiger partial charge is 0.267 e. The Morgan fingerprint density at radius 3 is 1.93 bits per heavy atom. The van der Waals surface area contributed by atoms with Gasteiger partial charge in [-0.3, -0.25) is 9.52 Å². The van der Waals surface area contributed by atoms with Crippen molar-refractivity contribution < 1.29 is 17.7 Å². The van der Waals surface area contributed by atoms with Crippen LogP contribution in [0.25, 0.3) is 0 Å². The number of aromatic nitrogens is 1. The van der Waals surface area contributed by atoms with Crippen LogP contribution in [-0.4, -0.2) is 19.4 Å². The predicted octanol–water partition coefficient (Wildman–Crippen LogP) is 4.04. The lowest BCUT2D eigenvalue weighted by Crippen LogP contribution is -2.14. The molecule has 1 aromatic heterocycles. The molecule has 0 saturated carbocycles. The van der Waals surface area contributed by atoms with Gasteiger partial charge in [0.2, 0.25) is 0 Å². The zero-order valence-electron chi connectivity index (χ0n) is 15.1. The number of nitrogens with one attached hydrogen (secondary N) is 2. The molecule has 0 fully saturated rings. The first kappa shape index (κ1) is 18.7. The van der Waals surface area contributed by atoms with Crippen molar-refractivity contribution in [3.63, 3.8) is 0 Å². The summed E-state index contributed by atoms with van der Waals surface area (Å²) in [6.45, 7) is 4.65. The average molecular weight is 385 g/mol. The van der Waals surface area contributed by atoms with Crippen molar-refractivity contribution >= 4 is 32.9 Å². The Labute approximate surface area is 157 Å². The molecule has 140 valence electrons. The van der Waals surface area contributed by atoms with E-state index in [1.807, 2.05) is 12.1 Å². The second kappa shape index (κ2) is 7.24. The molecule has 0 spiro atoms. The lowest BCUT2D eigenvalue weighted by molar-refractivity contribution is 0.101. The van der Waals surface area contributed by atoms with Crippen molar-refractivity contribution in [2.24, 2.45) is 0 Å². The lowest BCUT2D eigenvalue weighted by Gasteiger charge is -2.10. The third-order valence-corrected chi connectivity index (χ3v) is 5.58. The minimum absolute atomic E-state index is 0.0106. The summed E-state index contributed by atoms with van der Waals surface area (Å²) in [5.41, 5.74) is 2.99. The second-order valence-electron chi connectivity index (χ2n) is 6.09. The molecular formula is C19H19N3O4S. The normalized spacial score (nSPS) is 11.2. The van der Waals surface area contributed by atoms with Crippen LogP contribution in [0.3, 0.4) is 0 Å². The van der Waals surface area contributed by atoms with Gasteiger partial charge >= 0.3 is 0 Å². The van der Waals surface area contributed by atoms with Gasteiger partial charge in [-0.15, -0.1) is 0 Å². The quantitative estimate of drug-likeness (QED) is 0.621. The first-order chi connectivity index (χ1) is 12.8. The fourth-order valence-electron chi connectivity index (χ4n) is 2.64. The van der Waals surface area contributed by atoms with Gasteiger partial charge in [0, 0.05) is 22.6 Å². The molecule has 0 aliphatic carbocycles. The summed E-state index contributed by atoms with van der Waals surface area (Å²) in [6.07, 6.45) is 0. The highest BCUT2D eigenvalue weighted by atomic mass is 32.2. The number of nitrogens with zero attached hydrogens (tertiary/aromatic N) is 1. The topological polar surface area (TPSA) is 101 Å². The fourth-order valence-corrected chi connectivity index (χ4v) is 4.03. The average Bonchev–Trinajstić information content (AvgIpc) is 2.96. The molecule has 0 aliphatic heterocycles. The second-order valence-corrected chi connectivity index (χ2v) is 7.71. The van der Waals surface area contributed by atoms with Gasteiger partial charge in [0.15, 0.2) is 16.4 Å². The van der Waals surface area contributed by atoms with E-state index < -0.39 is 10.0 Å². The Balaban J connectivity index is 1.73. The molecule has 27 heavy (non-hydrogen) atoms. The first-order valence-electron chi connectivity index (χ1n) is 8.20. The number of hydrogen-bond donors (Lipinski definition) is 2. The number of benzene rings is 2. The molecule has 0 aliphatic rings. The van der Waals surface area contributed by atoms with Gasteiger partial charge in [-0.25, -0.2) is 8.42 Å². The van der Waals surface area contributed by atoms with E-state index in [0.29, 0.717) is 16.9 Å². The fraction of sp³-hybridized carbons (Fsp3) is 0.158. The number of rotatable bonds is 6. The van der Waals surface area contributed by atoms with E-state index in [2.05, 4.69) is 15.2 Å². The number of carbonyl (C=O) groups excluding carboxylic acids is 1. The highest BCUT2D eigenvalue weighted by molar-refractivity contribution is 7.92. The maximum Gasteiger partial charge on any atom is 0.267 e. The van der Waals surface area contributed by atoms with E-state index in [-0.39, 0.29) is 16.4 Å². The van der Waals surface area contributed by atoms with Crippen LogP contribution >= 0.6 is 0 Å². The van der Waals surface area contributed by atoms with Crippen LogP contribution in [0.2, 0.25) is 0 Å². The number of ketones is 1. The standard InChI is InChI=1S/C19H19N3O4S/c1-12-19(14(3)26-21-12)27(24,25)22-18-10-8-17(9-11-18)20-16-6-4-15(5-7-16)13(2)23/h4-11,20,22H,1-3H3. The molecule has 0 radical (unpaired) electrons. The number of hydrogen-bond acceptors (Lipinski definition) is 6. The van der Waals surface area contributed by atoms with Crippen molar-refractivity contribution in [3.05, 3.63) is 65.5 Å². The van der Waals surface area contributed by atoms with Gasteiger partial charge in [-0.05, 0) is 69.3 Å². The molecular weight excluding hydrogens is 366 g/mol. The summed E-state index contributed by atoms with van der Waals surface area (Å²) in [4.78, 5) is 11.4. The molecule has 7 nitrogen and oxygen atoms in total. The van der Waals surface area contributed by atoms with Crippen molar-refractivity contribution in [2.45, 2.75) is 25.7 Å². The first-order valence-corrected chi connectivity index (χ1v) is 9.68. The monoisotopic (exact) mass is 385 g/mol. The van der Waals surface area contributed by atoms with E-state index in [0.717, 1.165) is 11.4 Å². The van der Waals surface area contributed by atoms with Crippen molar-refractivity contribution in [2.75, 3.05) is 10.0 Å². The minimum atomic E-state index is -3.77. The third-order valence-electron chi connectivity index (χ3n) is 3.95. The maximum absolute atomic E-state index is 12.5. The maximum atomic E-state index is 12.5. The van der Waals surface area contributed by atoms with Crippen LogP contribution in [0, 0.1) is 13.8 Å². The van der Waals surface area contributed by atoms with E-state index >= 15 is 0 Å². The van der Waals surface area contributed by atoms with Crippen molar-refractivity contribution in [1.29, 1.82) is 0 Å². The molecule has 0 amide bonds. The van der Waals surface area contributed by atoms with Gasteiger partial charge in [-0.1, -0.05) is 5.16 Å². The Morgan fingerprint density at radius 2 is 1.44 bits per heavy atom. The lowest BCUT2D eigenvalue weighted by atomic mass is 10.1. The van der Waals surface area contributed by atoms with E-state index in [4.69, 9.17) is 4.52 Å². The van der Waals surface area contributed by atoms with Gasteiger partial charge in [0.05, 0.1) is 0 Å². The zero-order chi connectivity index (χ0) is 19.6. The molecule has 8 heteroatoms. The number of Topliss-reactive ketones (excluding diaryl/α,β-unsaturated/α-hetero) is 1. The molecule has 0 unspecified atom stereocenters. The number of anilines is 3. The van der Waals surface area contributed by atoms with Crippen LogP contribution in [0.5, 0.6) is 0 Å². The zero-order valence-corrected chi connectivity index (χ0v) is 15.9. The van der Waals surface area contributed by atoms with Gasteiger partial charge in [0.25, 0.3) is 10.0 Å².